The van der Waals surface area contributed by atoms with E-state index in [4.69, 9.17) is 4.74 Å². The Hall–Kier alpha value is -2.56. The summed E-state index contributed by atoms with van der Waals surface area (Å²) in [6.07, 6.45) is -6.79. The van der Waals surface area contributed by atoms with Gasteiger partial charge in [0.1, 0.15) is 23.6 Å². The number of alkyl halides is 3. The Kier molecular flexibility index (Phi) is 6.87. The van der Waals surface area contributed by atoms with Crippen LogP contribution in [0.5, 0.6) is 5.75 Å². The van der Waals surface area contributed by atoms with Crippen molar-refractivity contribution in [1.82, 2.24) is 9.80 Å². The molecule has 0 spiro atoms. The van der Waals surface area contributed by atoms with Crippen molar-refractivity contribution < 1.29 is 41.7 Å². The Bertz CT molecular complexity index is 864. The van der Waals surface area contributed by atoms with Crippen molar-refractivity contribution in [3.63, 3.8) is 0 Å². The number of nitrogens with zero attached hydrogens (tertiary/aromatic N) is 2. The van der Waals surface area contributed by atoms with Gasteiger partial charge in [0, 0.05) is 43.9 Å². The number of hydrogen-bond donors (Lipinski definition) is 1. The highest BCUT2D eigenvalue weighted by atomic mass is 19.4. The van der Waals surface area contributed by atoms with E-state index in [9.17, 15) is 32.3 Å². The lowest BCUT2D eigenvalue weighted by molar-refractivity contribution is -0.200. The van der Waals surface area contributed by atoms with Crippen LogP contribution in [-0.4, -0.2) is 72.0 Å². The lowest BCUT2D eigenvalue weighted by Crippen LogP contribution is -2.49. The minimum Gasteiger partial charge on any atom is -0.492 e. The van der Waals surface area contributed by atoms with Gasteiger partial charge < -0.3 is 19.5 Å². The average molecular weight is 462 g/mol. The van der Waals surface area contributed by atoms with E-state index in [2.05, 4.69) is 4.74 Å². The largest absolute Gasteiger partial charge is 0.492 e. The summed E-state index contributed by atoms with van der Waals surface area (Å²) < 4.78 is 62.1. The van der Waals surface area contributed by atoms with Gasteiger partial charge in [0.05, 0.1) is 0 Å². The lowest BCUT2D eigenvalue weighted by atomic mass is 10.1. The summed E-state index contributed by atoms with van der Waals surface area (Å²) in [4.78, 5) is 26.5. The van der Waals surface area contributed by atoms with E-state index in [1.807, 2.05) is 4.90 Å². The molecule has 2 aliphatic rings. The number of benzene rings is 1. The maximum Gasteiger partial charge on any atom is 0.425 e. The highest BCUT2D eigenvalue weighted by Gasteiger charge is 2.51. The summed E-state index contributed by atoms with van der Waals surface area (Å²) in [6.45, 7) is 3.78. The molecule has 1 heterocycles. The van der Waals surface area contributed by atoms with E-state index < -0.39 is 35.6 Å². The first-order chi connectivity index (χ1) is 14.9. The predicted molar refractivity (Wildman–Crippen MR) is 105 cm³/mol. The first-order valence-corrected chi connectivity index (χ1v) is 10.3. The quantitative estimate of drug-likeness (QED) is 0.624. The molecular formula is C21H26F4N2O5. The molecule has 1 aromatic carbocycles. The highest BCUT2D eigenvalue weighted by molar-refractivity contribution is 5.78. The number of carboxylic acids is 1. The fraction of sp³-hybridized carbons (Fsp3) is 0.619. The minimum absolute atomic E-state index is 0.0450. The Morgan fingerprint density at radius 1 is 1.19 bits per heavy atom. The standard InChI is InChI=1S/C21H26F4N2O5/c1-13-16(22)4-3-15(17(13)31-12-20(5-6-20)18(28)29)11-26-7-9-27(10-8-26)19(30)32-14(2)21(23,24)25/h3-4,14H,5-12H2,1-2H3,(H,28,29). The van der Waals surface area contributed by atoms with Gasteiger partial charge in [-0.2, -0.15) is 13.2 Å². The van der Waals surface area contributed by atoms with Crippen molar-refractivity contribution in [2.45, 2.75) is 45.5 Å². The van der Waals surface area contributed by atoms with E-state index in [-0.39, 0.29) is 25.3 Å². The number of halogens is 4. The predicted octanol–water partition coefficient (Wildman–Crippen LogP) is 3.58. The highest BCUT2D eigenvalue weighted by Crippen LogP contribution is 2.46. The Balaban J connectivity index is 1.59. The van der Waals surface area contributed by atoms with Gasteiger partial charge in [0.25, 0.3) is 0 Å². The summed E-state index contributed by atoms with van der Waals surface area (Å²) in [5.74, 6) is -1.09. The van der Waals surface area contributed by atoms with Crippen LogP contribution in [0.25, 0.3) is 0 Å². The number of ether oxygens (including phenoxy) is 2. The lowest BCUT2D eigenvalue weighted by Gasteiger charge is -2.35. The number of carbonyl (C=O) groups excluding carboxylic acids is 1. The molecule has 32 heavy (non-hydrogen) atoms. The van der Waals surface area contributed by atoms with Crippen molar-refractivity contribution in [3.05, 3.63) is 29.1 Å². The molecule has 1 aliphatic carbocycles. The van der Waals surface area contributed by atoms with E-state index in [1.54, 1.807) is 13.0 Å². The number of piperazine rings is 1. The Morgan fingerprint density at radius 2 is 1.81 bits per heavy atom. The number of rotatable bonds is 7. The molecule has 1 atom stereocenters. The van der Waals surface area contributed by atoms with Crippen LogP contribution in [0, 0.1) is 18.2 Å². The van der Waals surface area contributed by atoms with Crippen LogP contribution in [0.15, 0.2) is 12.1 Å². The van der Waals surface area contributed by atoms with Crippen LogP contribution in [0.3, 0.4) is 0 Å². The molecule has 2 fully saturated rings. The summed E-state index contributed by atoms with van der Waals surface area (Å²) in [7, 11) is 0. The van der Waals surface area contributed by atoms with Crippen LogP contribution in [-0.2, 0) is 16.1 Å². The van der Waals surface area contributed by atoms with Crippen molar-refractivity contribution in [2.75, 3.05) is 32.8 Å². The molecule has 0 bridgehead atoms. The molecule has 0 radical (unpaired) electrons. The zero-order valence-electron chi connectivity index (χ0n) is 17.9. The fourth-order valence-corrected chi connectivity index (χ4v) is 3.45. The monoisotopic (exact) mass is 462 g/mol. The molecule has 1 aliphatic heterocycles. The van der Waals surface area contributed by atoms with Gasteiger partial charge >= 0.3 is 18.2 Å². The molecule has 1 unspecified atom stereocenters. The first-order valence-electron chi connectivity index (χ1n) is 10.3. The second-order valence-electron chi connectivity index (χ2n) is 8.37. The van der Waals surface area contributed by atoms with Crippen LogP contribution < -0.4 is 4.74 Å². The van der Waals surface area contributed by atoms with Gasteiger partial charge in [-0.05, 0) is 32.8 Å². The van der Waals surface area contributed by atoms with Crippen molar-refractivity contribution in [1.29, 1.82) is 0 Å². The first kappa shape index (κ1) is 24.1. The third-order valence-corrected chi connectivity index (χ3v) is 5.98. The number of carboxylic acid groups (broad SMARTS) is 1. The van der Waals surface area contributed by atoms with Gasteiger partial charge in [-0.3, -0.25) is 9.69 Å². The molecular weight excluding hydrogens is 436 g/mol. The van der Waals surface area contributed by atoms with Gasteiger partial charge in [-0.15, -0.1) is 0 Å². The van der Waals surface area contributed by atoms with Crippen LogP contribution in [0.2, 0.25) is 0 Å². The summed E-state index contributed by atoms with van der Waals surface area (Å²) in [5.41, 5.74) is 0.0362. The van der Waals surface area contributed by atoms with E-state index in [0.29, 0.717) is 43.8 Å². The zero-order valence-corrected chi connectivity index (χ0v) is 17.9. The van der Waals surface area contributed by atoms with Gasteiger partial charge in [0.15, 0.2) is 6.10 Å². The number of hydrogen-bond acceptors (Lipinski definition) is 5. The van der Waals surface area contributed by atoms with Crippen LogP contribution in [0.4, 0.5) is 22.4 Å². The third-order valence-electron chi connectivity index (χ3n) is 5.98. The molecule has 7 nitrogen and oxygen atoms in total. The maximum absolute atomic E-state index is 14.1. The maximum atomic E-state index is 14.1. The van der Waals surface area contributed by atoms with Gasteiger partial charge in [0.2, 0.25) is 0 Å². The van der Waals surface area contributed by atoms with Gasteiger partial charge in [-0.1, -0.05) is 6.07 Å². The van der Waals surface area contributed by atoms with Crippen LogP contribution >= 0.6 is 0 Å². The number of amides is 1. The average Bonchev–Trinajstić information content (AvgIpc) is 3.51. The normalized spacial score (nSPS) is 19.4. The van der Waals surface area contributed by atoms with Crippen molar-refractivity contribution in [3.8, 4) is 5.75 Å². The zero-order chi connectivity index (χ0) is 23.7. The molecule has 1 saturated heterocycles. The van der Waals surface area contributed by atoms with E-state index >= 15 is 0 Å². The SMILES string of the molecule is Cc1c(F)ccc(CN2CCN(C(=O)OC(C)C(F)(F)F)CC2)c1OCC1(C(=O)O)CC1. The Labute approximate surface area is 182 Å². The molecule has 11 heteroatoms. The third kappa shape index (κ3) is 5.43. The van der Waals surface area contributed by atoms with Crippen LogP contribution in [0.1, 0.15) is 30.9 Å². The molecule has 178 valence electrons. The molecule has 1 saturated carbocycles. The van der Waals surface area contributed by atoms with E-state index in [1.165, 1.54) is 11.0 Å². The van der Waals surface area contributed by atoms with Gasteiger partial charge in [-0.25, -0.2) is 9.18 Å². The minimum atomic E-state index is -4.62. The topological polar surface area (TPSA) is 79.3 Å². The second-order valence-corrected chi connectivity index (χ2v) is 8.37. The summed E-state index contributed by atoms with van der Waals surface area (Å²) in [5, 5.41) is 9.34. The molecule has 1 N–H and O–H groups in total. The molecule has 3 rings (SSSR count). The number of aliphatic carboxylic acids is 1. The fourth-order valence-electron chi connectivity index (χ4n) is 3.45. The Morgan fingerprint density at radius 3 is 2.34 bits per heavy atom. The van der Waals surface area contributed by atoms with Crippen molar-refractivity contribution >= 4 is 12.1 Å². The molecule has 1 amide bonds. The summed E-state index contributed by atoms with van der Waals surface area (Å²) in [6, 6.07) is 2.89. The van der Waals surface area contributed by atoms with Crippen molar-refractivity contribution in [2.24, 2.45) is 5.41 Å². The van der Waals surface area contributed by atoms with E-state index in [0.717, 1.165) is 6.92 Å². The smallest absolute Gasteiger partial charge is 0.425 e. The molecule has 1 aromatic rings. The second kappa shape index (κ2) is 9.13. The molecule has 0 aromatic heterocycles. The number of carbonyl (C=O) groups is 2. The summed E-state index contributed by atoms with van der Waals surface area (Å²) >= 11 is 0.